The van der Waals surface area contributed by atoms with E-state index in [2.05, 4.69) is 22.3 Å². The largest absolute Gasteiger partial charge is 0.315 e. The number of nitrogens with zero attached hydrogens (tertiary/aromatic N) is 1. The fraction of sp³-hybridized carbons (Fsp3) is 0.765. The van der Waals surface area contributed by atoms with Crippen LogP contribution in [0.2, 0.25) is 0 Å². The summed E-state index contributed by atoms with van der Waals surface area (Å²) in [4.78, 5) is 5.67. The van der Waals surface area contributed by atoms with Crippen molar-refractivity contribution in [2.24, 2.45) is 5.41 Å². The van der Waals surface area contributed by atoms with E-state index in [9.17, 15) is 0 Å². The van der Waals surface area contributed by atoms with Gasteiger partial charge in [-0.3, -0.25) is 4.90 Å². The maximum atomic E-state index is 3.24. The van der Waals surface area contributed by atoms with Crippen LogP contribution in [-0.2, 0) is 13.1 Å². The third kappa shape index (κ3) is 3.44. The van der Waals surface area contributed by atoms with Gasteiger partial charge in [0.05, 0.1) is 0 Å². The first-order chi connectivity index (χ1) is 9.80. The lowest BCUT2D eigenvalue weighted by Crippen LogP contribution is -2.40. The van der Waals surface area contributed by atoms with E-state index in [-0.39, 0.29) is 0 Å². The van der Waals surface area contributed by atoms with Crippen molar-refractivity contribution in [1.82, 2.24) is 10.2 Å². The highest BCUT2D eigenvalue weighted by atomic mass is 32.1. The van der Waals surface area contributed by atoms with Crippen LogP contribution in [0, 0.1) is 5.41 Å². The molecule has 1 aliphatic heterocycles. The van der Waals surface area contributed by atoms with Gasteiger partial charge in [0, 0.05) is 22.8 Å². The van der Waals surface area contributed by atoms with Gasteiger partial charge in [-0.05, 0) is 63.4 Å². The van der Waals surface area contributed by atoms with Crippen LogP contribution in [0.25, 0.3) is 0 Å². The van der Waals surface area contributed by atoms with Crippen molar-refractivity contribution >= 4 is 11.3 Å². The second-order valence-corrected chi connectivity index (χ2v) is 7.99. The van der Waals surface area contributed by atoms with E-state index in [0.717, 1.165) is 12.0 Å². The molecule has 0 bridgehead atoms. The molecule has 1 aromatic heterocycles. The smallest absolute Gasteiger partial charge is 0.0328 e. The molecule has 0 radical (unpaired) electrons. The standard InChI is InChI=1S/C17H28N2S/c1-18-13-15-5-6-16(20-15)14-19-11-9-17(10-12-19)7-3-2-4-8-17/h5-6,18H,2-4,7-14H2,1H3. The highest BCUT2D eigenvalue weighted by molar-refractivity contribution is 7.11. The van der Waals surface area contributed by atoms with E-state index >= 15 is 0 Å². The van der Waals surface area contributed by atoms with Gasteiger partial charge in [-0.15, -0.1) is 11.3 Å². The van der Waals surface area contributed by atoms with Gasteiger partial charge in [0.2, 0.25) is 0 Å². The molecule has 20 heavy (non-hydrogen) atoms. The van der Waals surface area contributed by atoms with Crippen LogP contribution < -0.4 is 5.32 Å². The van der Waals surface area contributed by atoms with Gasteiger partial charge in [0.25, 0.3) is 0 Å². The number of hydrogen-bond donors (Lipinski definition) is 1. The highest BCUT2D eigenvalue weighted by Gasteiger charge is 2.35. The Labute approximate surface area is 127 Å². The van der Waals surface area contributed by atoms with Gasteiger partial charge in [-0.1, -0.05) is 19.3 Å². The predicted molar refractivity (Wildman–Crippen MR) is 87.1 cm³/mol. The Hall–Kier alpha value is -0.380. The lowest BCUT2D eigenvalue weighted by molar-refractivity contribution is 0.0646. The van der Waals surface area contributed by atoms with Gasteiger partial charge < -0.3 is 5.32 Å². The van der Waals surface area contributed by atoms with E-state index in [4.69, 9.17) is 0 Å². The van der Waals surface area contributed by atoms with Crippen LogP contribution in [0.15, 0.2) is 12.1 Å². The number of likely N-dealkylation sites (tertiary alicyclic amines) is 1. The van der Waals surface area contributed by atoms with Crippen molar-refractivity contribution in [3.63, 3.8) is 0 Å². The molecule has 112 valence electrons. The first kappa shape index (κ1) is 14.6. The second-order valence-electron chi connectivity index (χ2n) is 6.74. The Morgan fingerprint density at radius 3 is 2.45 bits per heavy atom. The fourth-order valence-electron chi connectivity index (χ4n) is 3.98. The Morgan fingerprint density at radius 2 is 1.75 bits per heavy atom. The number of thiophene rings is 1. The van der Waals surface area contributed by atoms with E-state index in [0.29, 0.717) is 0 Å². The Balaban J connectivity index is 1.50. The summed E-state index contributed by atoms with van der Waals surface area (Å²) in [7, 11) is 2.02. The molecule has 1 saturated carbocycles. The minimum Gasteiger partial charge on any atom is -0.315 e. The van der Waals surface area contributed by atoms with Crippen molar-refractivity contribution < 1.29 is 0 Å². The van der Waals surface area contributed by atoms with Crippen LogP contribution >= 0.6 is 11.3 Å². The van der Waals surface area contributed by atoms with Crippen molar-refractivity contribution in [2.45, 2.75) is 58.0 Å². The summed E-state index contributed by atoms with van der Waals surface area (Å²) in [5.74, 6) is 0. The summed E-state index contributed by atoms with van der Waals surface area (Å²) < 4.78 is 0. The predicted octanol–water partition coefficient (Wildman–Crippen LogP) is 4.01. The molecule has 1 aliphatic carbocycles. The van der Waals surface area contributed by atoms with Gasteiger partial charge in [0.15, 0.2) is 0 Å². The zero-order valence-corrected chi connectivity index (χ0v) is 13.6. The molecule has 2 heterocycles. The average Bonchev–Trinajstić information content (AvgIpc) is 2.91. The third-order valence-corrected chi connectivity index (χ3v) is 6.35. The minimum absolute atomic E-state index is 0.738. The maximum Gasteiger partial charge on any atom is 0.0328 e. The zero-order chi connectivity index (χ0) is 13.8. The normalized spacial score (nSPS) is 23.2. The van der Waals surface area contributed by atoms with Crippen LogP contribution in [0.4, 0.5) is 0 Å². The number of hydrogen-bond acceptors (Lipinski definition) is 3. The molecule has 3 rings (SSSR count). The molecule has 0 unspecified atom stereocenters. The Bertz CT molecular complexity index is 410. The van der Waals surface area contributed by atoms with Gasteiger partial charge in [-0.25, -0.2) is 0 Å². The Morgan fingerprint density at radius 1 is 1.05 bits per heavy atom. The summed E-state index contributed by atoms with van der Waals surface area (Å²) in [6, 6.07) is 4.60. The summed E-state index contributed by atoms with van der Waals surface area (Å²) in [5, 5.41) is 3.24. The monoisotopic (exact) mass is 292 g/mol. The average molecular weight is 292 g/mol. The third-order valence-electron chi connectivity index (χ3n) is 5.28. The van der Waals surface area contributed by atoms with Crippen molar-refractivity contribution in [2.75, 3.05) is 20.1 Å². The molecule has 1 aromatic rings. The molecule has 2 nitrogen and oxygen atoms in total. The molecule has 0 atom stereocenters. The molecule has 1 N–H and O–H groups in total. The SMILES string of the molecule is CNCc1ccc(CN2CCC3(CCCCC3)CC2)s1. The molecule has 1 spiro atoms. The lowest BCUT2D eigenvalue weighted by Gasteiger charge is -2.44. The van der Waals surface area contributed by atoms with Crippen molar-refractivity contribution in [3.05, 3.63) is 21.9 Å². The summed E-state index contributed by atoms with van der Waals surface area (Å²) in [6.45, 7) is 4.82. The van der Waals surface area contributed by atoms with Crippen LogP contribution in [0.3, 0.4) is 0 Å². The molecule has 0 amide bonds. The molecule has 0 aromatic carbocycles. The Kier molecular flexibility index (Phi) is 4.79. The topological polar surface area (TPSA) is 15.3 Å². The molecule has 3 heteroatoms. The van der Waals surface area contributed by atoms with Crippen molar-refractivity contribution in [3.8, 4) is 0 Å². The van der Waals surface area contributed by atoms with Crippen LogP contribution in [-0.4, -0.2) is 25.0 Å². The van der Waals surface area contributed by atoms with Crippen LogP contribution in [0.5, 0.6) is 0 Å². The minimum atomic E-state index is 0.738. The van der Waals surface area contributed by atoms with E-state index in [1.165, 1.54) is 74.3 Å². The van der Waals surface area contributed by atoms with E-state index in [1.54, 1.807) is 0 Å². The van der Waals surface area contributed by atoms with Gasteiger partial charge in [-0.2, -0.15) is 0 Å². The summed E-state index contributed by atoms with van der Waals surface area (Å²) in [5.41, 5.74) is 0.738. The number of nitrogens with one attached hydrogen (secondary N) is 1. The first-order valence-corrected chi connectivity index (χ1v) is 9.06. The fourth-order valence-corrected chi connectivity index (χ4v) is 5.06. The quantitative estimate of drug-likeness (QED) is 0.902. The zero-order valence-electron chi connectivity index (χ0n) is 12.8. The molecular weight excluding hydrogens is 264 g/mol. The first-order valence-electron chi connectivity index (χ1n) is 8.24. The summed E-state index contributed by atoms with van der Waals surface area (Å²) in [6.07, 6.45) is 10.4. The summed E-state index contributed by atoms with van der Waals surface area (Å²) >= 11 is 1.97. The highest BCUT2D eigenvalue weighted by Crippen LogP contribution is 2.44. The van der Waals surface area contributed by atoms with Crippen LogP contribution in [0.1, 0.15) is 54.7 Å². The van der Waals surface area contributed by atoms with Gasteiger partial charge in [0.1, 0.15) is 0 Å². The number of rotatable bonds is 4. The molecule has 2 fully saturated rings. The van der Waals surface area contributed by atoms with Crippen molar-refractivity contribution in [1.29, 1.82) is 0 Å². The molecule has 2 aliphatic rings. The number of piperidine rings is 1. The van der Waals surface area contributed by atoms with E-state index in [1.807, 2.05) is 18.4 Å². The molecular formula is C17H28N2S. The van der Waals surface area contributed by atoms with Gasteiger partial charge >= 0.3 is 0 Å². The second kappa shape index (κ2) is 6.59. The molecule has 1 saturated heterocycles. The lowest BCUT2D eigenvalue weighted by atomic mass is 9.68. The maximum absolute atomic E-state index is 3.24. The van der Waals surface area contributed by atoms with E-state index < -0.39 is 0 Å².